The highest BCUT2D eigenvalue weighted by atomic mass is 16.5. The van der Waals surface area contributed by atoms with Crippen LogP contribution in [0.3, 0.4) is 0 Å². The van der Waals surface area contributed by atoms with E-state index in [1.165, 1.54) is 32.1 Å². The Balaban J connectivity index is 1.89. The van der Waals surface area contributed by atoms with Gasteiger partial charge in [-0.2, -0.15) is 0 Å². The standard InChI is InChI=1S/C12H23NO/c1-12(2)9-13-8-11(14-12)10-6-4-3-5-7-10/h10-11,13H,3-9H2,1-2H3. The Hall–Kier alpha value is -0.0800. The minimum absolute atomic E-state index is 0.0420. The number of nitrogens with one attached hydrogen (secondary N) is 1. The number of morpholine rings is 1. The van der Waals surface area contributed by atoms with Crippen molar-refractivity contribution < 1.29 is 4.74 Å². The average Bonchev–Trinajstić information content (AvgIpc) is 2.18. The second-order valence-electron chi connectivity index (χ2n) is 5.44. The maximum atomic E-state index is 6.15. The van der Waals surface area contributed by atoms with E-state index in [9.17, 15) is 0 Å². The average molecular weight is 197 g/mol. The number of ether oxygens (including phenoxy) is 1. The summed E-state index contributed by atoms with van der Waals surface area (Å²) in [6.07, 6.45) is 7.47. The van der Waals surface area contributed by atoms with Gasteiger partial charge in [0.1, 0.15) is 0 Å². The molecular formula is C12H23NO. The maximum absolute atomic E-state index is 6.15. The van der Waals surface area contributed by atoms with Gasteiger partial charge in [-0.15, -0.1) is 0 Å². The van der Waals surface area contributed by atoms with Crippen LogP contribution in [-0.4, -0.2) is 24.8 Å². The van der Waals surface area contributed by atoms with Gasteiger partial charge in [0.25, 0.3) is 0 Å². The van der Waals surface area contributed by atoms with Crippen LogP contribution in [0.4, 0.5) is 0 Å². The molecule has 2 heteroatoms. The number of hydrogen-bond donors (Lipinski definition) is 1. The fraction of sp³-hybridized carbons (Fsp3) is 1.00. The predicted octanol–water partition coefficient (Wildman–Crippen LogP) is 2.33. The molecule has 14 heavy (non-hydrogen) atoms. The van der Waals surface area contributed by atoms with Gasteiger partial charge in [0.05, 0.1) is 11.7 Å². The predicted molar refractivity (Wildman–Crippen MR) is 58.4 cm³/mol. The van der Waals surface area contributed by atoms with E-state index in [2.05, 4.69) is 19.2 Å². The van der Waals surface area contributed by atoms with Crippen LogP contribution >= 0.6 is 0 Å². The van der Waals surface area contributed by atoms with Crippen molar-refractivity contribution in [2.75, 3.05) is 13.1 Å². The van der Waals surface area contributed by atoms with Crippen LogP contribution in [0.25, 0.3) is 0 Å². The molecule has 1 N–H and O–H groups in total. The number of rotatable bonds is 1. The zero-order chi connectivity index (χ0) is 10.0. The Labute approximate surface area is 87.4 Å². The summed E-state index contributed by atoms with van der Waals surface area (Å²) in [6, 6.07) is 0. The minimum Gasteiger partial charge on any atom is -0.369 e. The smallest absolute Gasteiger partial charge is 0.0754 e. The van der Waals surface area contributed by atoms with E-state index in [4.69, 9.17) is 4.74 Å². The molecule has 0 aromatic rings. The van der Waals surface area contributed by atoms with E-state index in [0.717, 1.165) is 19.0 Å². The van der Waals surface area contributed by atoms with Crippen molar-refractivity contribution in [3.05, 3.63) is 0 Å². The van der Waals surface area contributed by atoms with E-state index in [1.807, 2.05) is 0 Å². The highest BCUT2D eigenvalue weighted by Gasteiger charge is 2.33. The van der Waals surface area contributed by atoms with E-state index < -0.39 is 0 Å². The zero-order valence-corrected chi connectivity index (χ0v) is 9.51. The second kappa shape index (κ2) is 4.19. The van der Waals surface area contributed by atoms with Crippen LogP contribution in [-0.2, 0) is 4.74 Å². The second-order valence-corrected chi connectivity index (χ2v) is 5.44. The molecule has 0 spiro atoms. The van der Waals surface area contributed by atoms with E-state index in [1.54, 1.807) is 0 Å². The molecule has 1 saturated carbocycles. The van der Waals surface area contributed by atoms with Crippen molar-refractivity contribution in [3.63, 3.8) is 0 Å². The third-order valence-corrected chi connectivity index (χ3v) is 3.54. The van der Waals surface area contributed by atoms with Crippen LogP contribution in [0.15, 0.2) is 0 Å². The molecular weight excluding hydrogens is 174 g/mol. The van der Waals surface area contributed by atoms with Gasteiger partial charge in [0.2, 0.25) is 0 Å². The summed E-state index contributed by atoms with van der Waals surface area (Å²) >= 11 is 0. The maximum Gasteiger partial charge on any atom is 0.0754 e. The van der Waals surface area contributed by atoms with Gasteiger partial charge in [-0.25, -0.2) is 0 Å². The fourth-order valence-corrected chi connectivity index (χ4v) is 2.78. The van der Waals surface area contributed by atoms with Gasteiger partial charge in [-0.3, -0.25) is 0 Å². The van der Waals surface area contributed by atoms with Crippen LogP contribution in [0.2, 0.25) is 0 Å². The molecule has 0 bridgehead atoms. The summed E-state index contributed by atoms with van der Waals surface area (Å²) in [5.41, 5.74) is 0.0420. The Morgan fingerprint density at radius 2 is 1.86 bits per heavy atom. The molecule has 2 nitrogen and oxygen atoms in total. The molecule has 1 aliphatic carbocycles. The van der Waals surface area contributed by atoms with Crippen LogP contribution in [0, 0.1) is 5.92 Å². The van der Waals surface area contributed by atoms with E-state index in [0.29, 0.717) is 6.10 Å². The van der Waals surface area contributed by atoms with Crippen molar-refractivity contribution in [1.82, 2.24) is 5.32 Å². The van der Waals surface area contributed by atoms with Crippen molar-refractivity contribution >= 4 is 0 Å². The highest BCUT2D eigenvalue weighted by molar-refractivity contribution is 4.85. The molecule has 1 atom stereocenters. The molecule has 0 radical (unpaired) electrons. The Morgan fingerprint density at radius 1 is 1.14 bits per heavy atom. The molecule has 2 rings (SSSR count). The first-order chi connectivity index (χ1) is 6.67. The lowest BCUT2D eigenvalue weighted by Gasteiger charge is -2.41. The lowest BCUT2D eigenvalue weighted by atomic mass is 9.84. The first-order valence-electron chi connectivity index (χ1n) is 6.06. The van der Waals surface area contributed by atoms with Gasteiger partial charge in [-0.05, 0) is 32.6 Å². The minimum atomic E-state index is 0.0420. The molecule has 1 saturated heterocycles. The molecule has 1 unspecified atom stereocenters. The first kappa shape index (κ1) is 10.4. The van der Waals surface area contributed by atoms with Gasteiger partial charge >= 0.3 is 0 Å². The van der Waals surface area contributed by atoms with Gasteiger partial charge in [0.15, 0.2) is 0 Å². The van der Waals surface area contributed by atoms with Gasteiger partial charge in [0, 0.05) is 13.1 Å². The summed E-state index contributed by atoms with van der Waals surface area (Å²) < 4.78 is 6.15. The summed E-state index contributed by atoms with van der Waals surface area (Å²) in [6.45, 7) is 6.44. The fourth-order valence-electron chi connectivity index (χ4n) is 2.78. The van der Waals surface area contributed by atoms with Gasteiger partial charge in [-0.1, -0.05) is 19.3 Å². The summed E-state index contributed by atoms with van der Waals surface area (Å²) in [5.74, 6) is 0.816. The molecule has 2 fully saturated rings. The third kappa shape index (κ3) is 2.48. The SMILES string of the molecule is CC1(C)CNCC(C2CCCCC2)O1. The quantitative estimate of drug-likeness (QED) is 0.696. The summed E-state index contributed by atoms with van der Waals surface area (Å²) in [7, 11) is 0. The third-order valence-electron chi connectivity index (χ3n) is 3.54. The van der Waals surface area contributed by atoms with E-state index >= 15 is 0 Å². The molecule has 0 aromatic carbocycles. The Morgan fingerprint density at radius 3 is 2.50 bits per heavy atom. The van der Waals surface area contributed by atoms with Crippen molar-refractivity contribution in [2.24, 2.45) is 5.92 Å². The molecule has 1 aliphatic heterocycles. The molecule has 1 heterocycles. The van der Waals surface area contributed by atoms with Crippen LogP contribution in [0.1, 0.15) is 46.0 Å². The first-order valence-corrected chi connectivity index (χ1v) is 6.06. The number of hydrogen-bond acceptors (Lipinski definition) is 2. The molecule has 0 aromatic heterocycles. The molecule has 0 amide bonds. The topological polar surface area (TPSA) is 21.3 Å². The summed E-state index contributed by atoms with van der Waals surface area (Å²) in [5, 5.41) is 3.50. The van der Waals surface area contributed by atoms with Crippen molar-refractivity contribution in [3.8, 4) is 0 Å². The Kier molecular flexibility index (Phi) is 3.13. The van der Waals surface area contributed by atoms with Crippen molar-refractivity contribution in [2.45, 2.75) is 57.7 Å². The van der Waals surface area contributed by atoms with Crippen LogP contribution in [0.5, 0.6) is 0 Å². The highest BCUT2D eigenvalue weighted by Crippen LogP contribution is 2.31. The zero-order valence-electron chi connectivity index (χ0n) is 9.51. The summed E-state index contributed by atoms with van der Waals surface area (Å²) in [4.78, 5) is 0. The normalized spacial score (nSPS) is 34.3. The van der Waals surface area contributed by atoms with E-state index in [-0.39, 0.29) is 5.60 Å². The largest absolute Gasteiger partial charge is 0.369 e. The lowest BCUT2D eigenvalue weighted by Crippen LogP contribution is -2.53. The lowest BCUT2D eigenvalue weighted by molar-refractivity contribution is -0.121. The van der Waals surface area contributed by atoms with Crippen LogP contribution < -0.4 is 5.32 Å². The monoisotopic (exact) mass is 197 g/mol. The Bertz CT molecular complexity index is 185. The van der Waals surface area contributed by atoms with Crippen molar-refractivity contribution in [1.29, 1.82) is 0 Å². The van der Waals surface area contributed by atoms with Gasteiger partial charge < -0.3 is 10.1 Å². The molecule has 2 aliphatic rings. The molecule has 82 valence electrons.